The Morgan fingerprint density at radius 1 is 1.08 bits per heavy atom. The Morgan fingerprint density at radius 2 is 1.76 bits per heavy atom. The summed E-state index contributed by atoms with van der Waals surface area (Å²) in [6.07, 6.45) is 0. The second-order valence-electron chi connectivity index (χ2n) is 5.54. The molecule has 2 aromatic carbocycles. The van der Waals surface area contributed by atoms with Crippen LogP contribution in [-0.4, -0.2) is 20.5 Å². The molecule has 0 aromatic heterocycles. The number of sulfonamides is 1. The van der Waals surface area contributed by atoms with Gasteiger partial charge in [0.2, 0.25) is 0 Å². The third-order valence-corrected chi connectivity index (χ3v) is 4.50. The van der Waals surface area contributed by atoms with E-state index < -0.39 is 16.1 Å². The van der Waals surface area contributed by atoms with Crippen LogP contribution in [0.5, 0.6) is 0 Å². The third-order valence-electron chi connectivity index (χ3n) is 3.11. The first-order chi connectivity index (χ1) is 11.8. The summed E-state index contributed by atoms with van der Waals surface area (Å²) >= 11 is 0. The monoisotopic (exact) mass is 358 g/mol. The van der Waals surface area contributed by atoms with Gasteiger partial charge in [-0.15, -0.1) is 0 Å². The Labute approximate surface area is 146 Å². The lowest BCUT2D eigenvalue weighted by molar-refractivity contribution is 0.250. The molecular formula is C17H18N4O3S. The summed E-state index contributed by atoms with van der Waals surface area (Å²) in [4.78, 5) is 12.0. The summed E-state index contributed by atoms with van der Waals surface area (Å²) in [7, 11) is -3.85. The molecular weight excluding hydrogens is 340 g/mol. The standard InChI is InChI=1S/C17H18N4O3S/c1-12(2)19-17(22)20-15-9-8-13(11-18)10-16(15)21-25(23,24)14-6-4-3-5-7-14/h3-10,12,21H,1-2H3,(H2,19,20,22). The van der Waals surface area contributed by atoms with Crippen molar-refractivity contribution in [3.05, 3.63) is 54.1 Å². The predicted molar refractivity (Wildman–Crippen MR) is 95.7 cm³/mol. The maximum atomic E-state index is 12.5. The van der Waals surface area contributed by atoms with Crippen molar-refractivity contribution >= 4 is 27.4 Å². The lowest BCUT2D eigenvalue weighted by atomic mass is 10.2. The van der Waals surface area contributed by atoms with Crippen LogP contribution < -0.4 is 15.4 Å². The minimum atomic E-state index is -3.85. The number of carbonyl (C=O) groups excluding carboxylic acids is 1. The largest absolute Gasteiger partial charge is 0.336 e. The molecule has 7 nitrogen and oxygen atoms in total. The average molecular weight is 358 g/mol. The van der Waals surface area contributed by atoms with Gasteiger partial charge in [0.15, 0.2) is 0 Å². The number of nitriles is 1. The van der Waals surface area contributed by atoms with Crippen LogP contribution in [0.1, 0.15) is 19.4 Å². The lowest BCUT2D eigenvalue weighted by Crippen LogP contribution is -2.34. The summed E-state index contributed by atoms with van der Waals surface area (Å²) in [5.41, 5.74) is 0.624. The van der Waals surface area contributed by atoms with E-state index in [0.29, 0.717) is 0 Å². The van der Waals surface area contributed by atoms with E-state index in [2.05, 4.69) is 15.4 Å². The zero-order valence-electron chi connectivity index (χ0n) is 13.8. The molecule has 0 saturated carbocycles. The molecule has 2 amide bonds. The SMILES string of the molecule is CC(C)NC(=O)Nc1ccc(C#N)cc1NS(=O)(=O)c1ccccc1. The Hall–Kier alpha value is -3.05. The van der Waals surface area contributed by atoms with Crippen molar-refractivity contribution in [1.29, 1.82) is 5.26 Å². The van der Waals surface area contributed by atoms with Crippen LogP contribution in [0.3, 0.4) is 0 Å². The number of amides is 2. The van der Waals surface area contributed by atoms with Crippen LogP contribution in [0.15, 0.2) is 53.4 Å². The van der Waals surface area contributed by atoms with E-state index in [4.69, 9.17) is 5.26 Å². The van der Waals surface area contributed by atoms with Crippen LogP contribution in [0.4, 0.5) is 16.2 Å². The normalized spacial score (nSPS) is 10.8. The highest BCUT2D eigenvalue weighted by molar-refractivity contribution is 7.92. The molecule has 0 saturated heterocycles. The minimum Gasteiger partial charge on any atom is -0.336 e. The number of hydrogen-bond donors (Lipinski definition) is 3. The maximum absolute atomic E-state index is 12.5. The Morgan fingerprint density at radius 3 is 2.36 bits per heavy atom. The van der Waals surface area contributed by atoms with Crippen molar-refractivity contribution < 1.29 is 13.2 Å². The number of benzene rings is 2. The van der Waals surface area contributed by atoms with Crippen LogP contribution in [0, 0.1) is 11.3 Å². The minimum absolute atomic E-state index is 0.0787. The molecule has 0 unspecified atom stereocenters. The number of hydrogen-bond acceptors (Lipinski definition) is 4. The number of nitrogens with one attached hydrogen (secondary N) is 3. The molecule has 2 rings (SSSR count). The number of rotatable bonds is 5. The van der Waals surface area contributed by atoms with E-state index in [1.165, 1.54) is 30.3 Å². The van der Waals surface area contributed by atoms with Crippen molar-refractivity contribution in [3.8, 4) is 6.07 Å². The van der Waals surface area contributed by atoms with Crippen molar-refractivity contribution in [2.24, 2.45) is 0 Å². The molecule has 0 aliphatic heterocycles. The second kappa shape index (κ2) is 7.68. The van der Waals surface area contributed by atoms with Crippen LogP contribution in [0.25, 0.3) is 0 Å². The summed E-state index contributed by atoms with van der Waals surface area (Å²) in [6.45, 7) is 3.61. The highest BCUT2D eigenvalue weighted by Gasteiger charge is 2.17. The van der Waals surface area contributed by atoms with E-state index in [0.717, 1.165) is 0 Å². The van der Waals surface area contributed by atoms with Crippen molar-refractivity contribution in [2.75, 3.05) is 10.0 Å². The van der Waals surface area contributed by atoms with Crippen molar-refractivity contribution in [1.82, 2.24) is 5.32 Å². The van der Waals surface area contributed by atoms with Crippen molar-refractivity contribution in [3.63, 3.8) is 0 Å². The Bertz CT molecular complexity index is 903. The van der Waals surface area contributed by atoms with E-state index in [1.54, 1.807) is 32.0 Å². The van der Waals surface area contributed by atoms with E-state index in [-0.39, 0.29) is 27.9 Å². The number of anilines is 2. The highest BCUT2D eigenvalue weighted by Crippen LogP contribution is 2.26. The van der Waals surface area contributed by atoms with Gasteiger partial charge in [0.05, 0.1) is 27.9 Å². The molecule has 0 fully saturated rings. The predicted octanol–water partition coefficient (Wildman–Crippen LogP) is 2.89. The molecule has 2 aromatic rings. The zero-order valence-corrected chi connectivity index (χ0v) is 14.6. The molecule has 0 heterocycles. The summed E-state index contributed by atoms with van der Waals surface area (Å²) in [5.74, 6) is 0. The average Bonchev–Trinajstić information content (AvgIpc) is 2.56. The second-order valence-corrected chi connectivity index (χ2v) is 7.23. The van der Waals surface area contributed by atoms with E-state index in [1.807, 2.05) is 6.07 Å². The number of carbonyl (C=O) groups is 1. The quantitative estimate of drug-likeness (QED) is 0.763. The highest BCUT2D eigenvalue weighted by atomic mass is 32.2. The molecule has 0 radical (unpaired) electrons. The van der Waals surface area contributed by atoms with Crippen LogP contribution in [-0.2, 0) is 10.0 Å². The van der Waals surface area contributed by atoms with Gasteiger partial charge in [-0.3, -0.25) is 4.72 Å². The van der Waals surface area contributed by atoms with Gasteiger partial charge in [-0.1, -0.05) is 18.2 Å². The molecule has 0 spiro atoms. The van der Waals surface area contributed by atoms with Gasteiger partial charge < -0.3 is 10.6 Å². The van der Waals surface area contributed by atoms with Gasteiger partial charge in [-0.2, -0.15) is 5.26 Å². The summed E-state index contributed by atoms with van der Waals surface area (Å²) in [6, 6.07) is 13.5. The van der Waals surface area contributed by atoms with E-state index in [9.17, 15) is 13.2 Å². The van der Waals surface area contributed by atoms with Gasteiger partial charge in [-0.05, 0) is 44.2 Å². The Balaban J connectivity index is 2.35. The Kier molecular flexibility index (Phi) is 5.62. The van der Waals surface area contributed by atoms with Crippen LogP contribution >= 0.6 is 0 Å². The third kappa shape index (κ3) is 4.96. The molecule has 0 aliphatic carbocycles. The first-order valence-corrected chi connectivity index (χ1v) is 8.99. The molecule has 130 valence electrons. The van der Waals surface area contributed by atoms with Gasteiger partial charge in [-0.25, -0.2) is 13.2 Å². The van der Waals surface area contributed by atoms with Gasteiger partial charge >= 0.3 is 6.03 Å². The molecule has 8 heteroatoms. The first kappa shape index (κ1) is 18.3. The zero-order chi connectivity index (χ0) is 18.4. The van der Waals surface area contributed by atoms with Crippen LogP contribution in [0.2, 0.25) is 0 Å². The van der Waals surface area contributed by atoms with Gasteiger partial charge in [0.1, 0.15) is 0 Å². The summed E-state index contributed by atoms with van der Waals surface area (Å²) < 4.78 is 27.4. The fourth-order valence-corrected chi connectivity index (χ4v) is 3.12. The smallest absolute Gasteiger partial charge is 0.319 e. The van der Waals surface area contributed by atoms with Crippen molar-refractivity contribution in [2.45, 2.75) is 24.8 Å². The summed E-state index contributed by atoms with van der Waals surface area (Å²) in [5, 5.41) is 14.3. The maximum Gasteiger partial charge on any atom is 0.319 e. The fraction of sp³-hybridized carbons (Fsp3) is 0.176. The molecule has 0 bridgehead atoms. The van der Waals surface area contributed by atoms with Gasteiger partial charge in [0, 0.05) is 6.04 Å². The topological polar surface area (TPSA) is 111 Å². The first-order valence-electron chi connectivity index (χ1n) is 7.51. The molecule has 3 N–H and O–H groups in total. The number of urea groups is 1. The molecule has 25 heavy (non-hydrogen) atoms. The van der Waals surface area contributed by atoms with Gasteiger partial charge in [0.25, 0.3) is 10.0 Å². The lowest BCUT2D eigenvalue weighted by Gasteiger charge is -2.15. The van der Waals surface area contributed by atoms with E-state index >= 15 is 0 Å². The fourth-order valence-electron chi connectivity index (χ4n) is 2.03. The molecule has 0 aliphatic rings. The molecule has 0 atom stereocenters. The number of nitrogens with zero attached hydrogens (tertiary/aromatic N) is 1.